The molecule has 0 bridgehead atoms. The zero-order valence-corrected chi connectivity index (χ0v) is 5.69. The second kappa shape index (κ2) is 5.23. The smallest absolute Gasteiger partial charge is 0.293 e. The summed E-state index contributed by atoms with van der Waals surface area (Å²) in [6, 6.07) is 0. The van der Waals surface area contributed by atoms with Crippen LogP contribution in [0.2, 0.25) is 0 Å². The molecule has 0 amide bonds. The van der Waals surface area contributed by atoms with Gasteiger partial charge in [-0.3, -0.25) is 0 Å². The normalized spacial score (nSPS) is 17.0. The van der Waals surface area contributed by atoms with Crippen molar-refractivity contribution in [3.05, 3.63) is 0 Å². The summed E-state index contributed by atoms with van der Waals surface area (Å²) in [5.41, 5.74) is 0. The van der Waals surface area contributed by atoms with Gasteiger partial charge in [0.2, 0.25) is 0 Å². The molecule has 0 rings (SSSR count). The lowest BCUT2D eigenvalue weighted by molar-refractivity contribution is -0.147. The van der Waals surface area contributed by atoms with E-state index in [1.165, 1.54) is 0 Å². The van der Waals surface area contributed by atoms with Crippen molar-refractivity contribution in [2.45, 2.75) is 25.4 Å². The molecule has 0 aliphatic heterocycles. The molecule has 74 valence electrons. The molecule has 0 aliphatic rings. The van der Waals surface area contributed by atoms with E-state index in [0.29, 0.717) is 0 Å². The van der Waals surface area contributed by atoms with Gasteiger partial charge in [-0.05, 0) is 0 Å². The summed E-state index contributed by atoms with van der Waals surface area (Å²) >= 11 is 0. The van der Waals surface area contributed by atoms with Gasteiger partial charge in [0, 0.05) is 0 Å². The van der Waals surface area contributed by atoms with Gasteiger partial charge < -0.3 is 4.74 Å². The number of ether oxygens (including phenoxy) is 1. The number of alkyl halides is 6. The topological polar surface area (TPSA) is 9.23 Å². The largest absolute Gasteiger partial charge is 0.340 e. The number of halogens is 6. The molecule has 0 aromatic carbocycles. The highest BCUT2D eigenvalue weighted by Gasteiger charge is 2.25. The van der Waals surface area contributed by atoms with Gasteiger partial charge in [-0.25, -0.2) is 26.3 Å². The van der Waals surface area contributed by atoms with Gasteiger partial charge in [0.1, 0.15) is 0 Å². The number of hydrogen-bond donors (Lipinski definition) is 0. The van der Waals surface area contributed by atoms with E-state index in [4.69, 9.17) is 0 Å². The van der Waals surface area contributed by atoms with Gasteiger partial charge in [0.05, 0.1) is 6.61 Å². The third-order valence-electron chi connectivity index (χ3n) is 0.886. The highest BCUT2D eigenvalue weighted by atomic mass is 19.3. The third-order valence-corrected chi connectivity index (χ3v) is 0.886. The van der Waals surface area contributed by atoms with E-state index in [1.807, 2.05) is 0 Å². The highest BCUT2D eigenvalue weighted by molar-refractivity contribution is 4.57. The lowest BCUT2D eigenvalue weighted by atomic mass is 10.4. The molecule has 12 heavy (non-hydrogen) atoms. The maximum atomic E-state index is 11.9. The Morgan fingerprint density at radius 3 is 1.67 bits per heavy atom. The van der Waals surface area contributed by atoms with Crippen LogP contribution < -0.4 is 0 Å². The van der Waals surface area contributed by atoms with Crippen molar-refractivity contribution >= 4 is 0 Å². The van der Waals surface area contributed by atoms with E-state index in [2.05, 4.69) is 4.74 Å². The highest BCUT2D eigenvalue weighted by Crippen LogP contribution is 2.11. The monoisotopic (exact) mass is 196 g/mol. The molecule has 0 N–H and O–H groups in total. The van der Waals surface area contributed by atoms with Gasteiger partial charge in [-0.1, -0.05) is 0 Å². The molecule has 7 heteroatoms. The van der Waals surface area contributed by atoms with Crippen LogP contribution in [0.25, 0.3) is 0 Å². The first-order chi connectivity index (χ1) is 5.45. The van der Waals surface area contributed by atoms with Crippen LogP contribution in [0.1, 0.15) is 0 Å². The fraction of sp³-hybridized carbons (Fsp3) is 1.00. The standard InChI is InChI=1S/C5H6F6O/c6-2(3(7)8)1-12-5(11)4(9)10/h2-5H,1H2. The molecule has 0 spiro atoms. The van der Waals surface area contributed by atoms with Crippen LogP contribution in [-0.4, -0.2) is 32.0 Å². The SMILES string of the molecule is FC(F)C(F)COC(F)C(F)F. The van der Waals surface area contributed by atoms with Gasteiger partial charge in [-0.2, -0.15) is 0 Å². The molecular weight excluding hydrogens is 190 g/mol. The van der Waals surface area contributed by atoms with Crippen molar-refractivity contribution in [2.24, 2.45) is 0 Å². The summed E-state index contributed by atoms with van der Waals surface area (Å²) in [6.45, 7) is -1.37. The predicted molar refractivity (Wildman–Crippen MR) is 27.8 cm³/mol. The van der Waals surface area contributed by atoms with Crippen LogP contribution >= 0.6 is 0 Å². The van der Waals surface area contributed by atoms with Gasteiger partial charge >= 0.3 is 0 Å². The Hall–Kier alpha value is -0.460. The van der Waals surface area contributed by atoms with Crippen molar-refractivity contribution in [2.75, 3.05) is 6.61 Å². The van der Waals surface area contributed by atoms with Crippen molar-refractivity contribution < 1.29 is 31.1 Å². The maximum Gasteiger partial charge on any atom is 0.293 e. The summed E-state index contributed by atoms with van der Waals surface area (Å²) in [6.07, 6.45) is -12.5. The first-order valence-corrected chi connectivity index (χ1v) is 2.91. The maximum absolute atomic E-state index is 11.9. The second-order valence-corrected chi connectivity index (χ2v) is 1.87. The van der Waals surface area contributed by atoms with E-state index < -0.39 is 32.0 Å². The quantitative estimate of drug-likeness (QED) is 0.612. The average molecular weight is 196 g/mol. The molecule has 0 fully saturated rings. The summed E-state index contributed by atoms with van der Waals surface area (Å²) < 4.78 is 72.3. The molecule has 2 unspecified atom stereocenters. The molecule has 0 aromatic rings. The summed E-state index contributed by atoms with van der Waals surface area (Å²) in [4.78, 5) is 0. The minimum absolute atomic E-state index is 1.37. The minimum Gasteiger partial charge on any atom is -0.340 e. The van der Waals surface area contributed by atoms with Gasteiger partial charge in [0.25, 0.3) is 19.2 Å². The predicted octanol–water partition coefficient (Wildman–Crippen LogP) is 2.17. The summed E-state index contributed by atoms with van der Waals surface area (Å²) in [7, 11) is 0. The van der Waals surface area contributed by atoms with Gasteiger partial charge in [0.15, 0.2) is 6.17 Å². The van der Waals surface area contributed by atoms with Crippen LogP contribution in [0.5, 0.6) is 0 Å². The summed E-state index contributed by atoms with van der Waals surface area (Å²) in [5.74, 6) is 0. The fourth-order valence-electron chi connectivity index (χ4n) is 0.329. The van der Waals surface area contributed by atoms with E-state index in [0.717, 1.165) is 0 Å². The van der Waals surface area contributed by atoms with E-state index in [1.54, 1.807) is 0 Å². The Labute approximate surface area is 64.3 Å². The molecule has 0 saturated heterocycles. The van der Waals surface area contributed by atoms with Gasteiger partial charge in [-0.15, -0.1) is 0 Å². The third kappa shape index (κ3) is 4.42. The fourth-order valence-corrected chi connectivity index (χ4v) is 0.329. The van der Waals surface area contributed by atoms with Crippen LogP contribution in [0.3, 0.4) is 0 Å². The Balaban J connectivity index is 3.54. The zero-order valence-electron chi connectivity index (χ0n) is 5.69. The Kier molecular flexibility index (Phi) is 5.03. The molecule has 0 aliphatic carbocycles. The van der Waals surface area contributed by atoms with Crippen molar-refractivity contribution in [1.29, 1.82) is 0 Å². The van der Waals surface area contributed by atoms with E-state index >= 15 is 0 Å². The Morgan fingerprint density at radius 1 is 0.833 bits per heavy atom. The van der Waals surface area contributed by atoms with E-state index in [9.17, 15) is 26.3 Å². The minimum atomic E-state index is -3.45. The Morgan fingerprint density at radius 2 is 1.33 bits per heavy atom. The molecule has 0 radical (unpaired) electrons. The van der Waals surface area contributed by atoms with Crippen LogP contribution in [-0.2, 0) is 4.74 Å². The van der Waals surface area contributed by atoms with Crippen LogP contribution in [0, 0.1) is 0 Å². The Bertz CT molecular complexity index is 105. The lowest BCUT2D eigenvalue weighted by Crippen LogP contribution is -2.25. The second-order valence-electron chi connectivity index (χ2n) is 1.87. The zero-order chi connectivity index (χ0) is 9.72. The molecule has 0 heterocycles. The number of rotatable bonds is 5. The molecule has 0 saturated carbocycles. The first-order valence-electron chi connectivity index (χ1n) is 2.91. The van der Waals surface area contributed by atoms with Crippen molar-refractivity contribution in [3.8, 4) is 0 Å². The molecule has 1 nitrogen and oxygen atoms in total. The van der Waals surface area contributed by atoms with Crippen molar-refractivity contribution in [3.63, 3.8) is 0 Å². The average Bonchev–Trinajstić information content (AvgIpc) is 1.98. The van der Waals surface area contributed by atoms with Crippen molar-refractivity contribution in [1.82, 2.24) is 0 Å². The van der Waals surface area contributed by atoms with E-state index in [-0.39, 0.29) is 0 Å². The van der Waals surface area contributed by atoms with Crippen LogP contribution in [0.4, 0.5) is 26.3 Å². The molecule has 2 atom stereocenters. The molecular formula is C5H6F6O. The molecule has 0 aromatic heterocycles. The lowest BCUT2D eigenvalue weighted by Gasteiger charge is -2.10. The van der Waals surface area contributed by atoms with Crippen LogP contribution in [0.15, 0.2) is 0 Å². The first kappa shape index (κ1) is 11.5. The number of hydrogen-bond acceptors (Lipinski definition) is 1. The summed E-state index contributed by atoms with van der Waals surface area (Å²) in [5, 5.41) is 0.